The SMILES string of the molecule is C.CCOc1cc(NC2CCN(C(=O)CCN3CCN(c4ccc(-c5ccccc5)cc4)CC3)CC2)ccc1[N+](=O)[O-]. The lowest BCUT2D eigenvalue weighted by Crippen LogP contribution is -2.48. The lowest BCUT2D eigenvalue weighted by atomic mass is 10.0. The van der Waals surface area contributed by atoms with Crippen LogP contribution in [0.2, 0.25) is 0 Å². The van der Waals surface area contributed by atoms with Gasteiger partial charge in [-0.3, -0.25) is 19.8 Å². The first-order chi connectivity index (χ1) is 20.0. The molecule has 0 aliphatic carbocycles. The quantitative estimate of drug-likeness (QED) is 0.238. The number of benzene rings is 3. The number of amides is 1. The van der Waals surface area contributed by atoms with E-state index < -0.39 is 4.92 Å². The molecule has 2 heterocycles. The van der Waals surface area contributed by atoms with Crippen LogP contribution in [-0.4, -0.2) is 79.1 Å². The molecule has 1 amide bonds. The van der Waals surface area contributed by atoms with E-state index in [-0.39, 0.29) is 30.8 Å². The average Bonchev–Trinajstić information content (AvgIpc) is 3.01. The zero-order valence-electron chi connectivity index (χ0n) is 23.7. The van der Waals surface area contributed by atoms with Crippen LogP contribution in [0.25, 0.3) is 11.1 Å². The van der Waals surface area contributed by atoms with Gasteiger partial charge in [-0.1, -0.05) is 49.9 Å². The minimum Gasteiger partial charge on any atom is -0.487 e. The number of hydrogen-bond donors (Lipinski definition) is 1. The van der Waals surface area contributed by atoms with Crippen molar-refractivity contribution in [1.82, 2.24) is 9.80 Å². The fourth-order valence-corrected chi connectivity index (χ4v) is 5.67. The largest absolute Gasteiger partial charge is 0.487 e. The molecule has 2 fully saturated rings. The van der Waals surface area contributed by atoms with Crippen molar-refractivity contribution in [2.24, 2.45) is 0 Å². The van der Waals surface area contributed by atoms with Crippen LogP contribution in [0.4, 0.5) is 17.1 Å². The monoisotopic (exact) mass is 573 g/mol. The summed E-state index contributed by atoms with van der Waals surface area (Å²) in [6.07, 6.45) is 2.23. The molecule has 2 aliphatic rings. The van der Waals surface area contributed by atoms with E-state index in [9.17, 15) is 14.9 Å². The van der Waals surface area contributed by atoms with Gasteiger partial charge in [0, 0.05) is 81.8 Å². The molecular formula is C33H43N5O4. The average molecular weight is 574 g/mol. The lowest BCUT2D eigenvalue weighted by Gasteiger charge is -2.37. The maximum absolute atomic E-state index is 12.9. The van der Waals surface area contributed by atoms with Crippen LogP contribution < -0.4 is 15.0 Å². The Hall–Kier alpha value is -4.11. The zero-order valence-corrected chi connectivity index (χ0v) is 23.7. The van der Waals surface area contributed by atoms with E-state index in [4.69, 9.17) is 4.74 Å². The standard InChI is InChI=1S/C32H39N5O4.CH4/c1-2-41-31-24-28(10-13-30(31)37(39)40)33-27-14-18-36(19-15-27)32(38)16-17-34-20-22-35(23-21-34)29-11-8-26(9-12-29)25-6-4-3-5-7-25;/h3-13,24,27,33H,2,14-23H2,1H3;1H4. The van der Waals surface area contributed by atoms with Gasteiger partial charge >= 0.3 is 5.69 Å². The second-order valence-electron chi connectivity index (χ2n) is 10.7. The van der Waals surface area contributed by atoms with Crippen LogP contribution in [0.15, 0.2) is 72.8 Å². The summed E-state index contributed by atoms with van der Waals surface area (Å²) >= 11 is 0. The Morgan fingerprint density at radius 1 is 0.929 bits per heavy atom. The van der Waals surface area contributed by atoms with E-state index in [1.165, 1.54) is 22.9 Å². The molecule has 2 saturated heterocycles. The Bertz CT molecular complexity index is 1300. The van der Waals surface area contributed by atoms with Gasteiger partial charge in [-0.15, -0.1) is 0 Å². The minimum absolute atomic E-state index is 0. The Balaban J connectivity index is 0.00000405. The van der Waals surface area contributed by atoms with Crippen molar-refractivity contribution in [3.05, 3.63) is 82.9 Å². The van der Waals surface area contributed by atoms with Crippen molar-refractivity contribution in [3.63, 3.8) is 0 Å². The van der Waals surface area contributed by atoms with Crippen LogP contribution in [-0.2, 0) is 4.79 Å². The Morgan fingerprint density at radius 3 is 2.24 bits per heavy atom. The fraction of sp³-hybridized carbons (Fsp3) is 0.424. The molecule has 0 bridgehead atoms. The van der Waals surface area contributed by atoms with Gasteiger partial charge in [0.1, 0.15) is 0 Å². The number of nitro groups is 1. The molecule has 9 nitrogen and oxygen atoms in total. The summed E-state index contributed by atoms with van der Waals surface area (Å²) in [4.78, 5) is 30.6. The molecule has 5 rings (SSSR count). The number of piperidine rings is 1. The molecule has 0 radical (unpaired) electrons. The highest BCUT2D eigenvalue weighted by Crippen LogP contribution is 2.31. The van der Waals surface area contributed by atoms with E-state index in [1.54, 1.807) is 12.1 Å². The molecule has 0 saturated carbocycles. The first kappa shape index (κ1) is 30.8. The maximum Gasteiger partial charge on any atom is 0.311 e. The van der Waals surface area contributed by atoms with Crippen molar-refractivity contribution < 1.29 is 14.5 Å². The minimum atomic E-state index is -0.427. The van der Waals surface area contributed by atoms with E-state index in [1.807, 2.05) is 17.9 Å². The number of rotatable bonds is 10. The predicted octanol–water partition coefficient (Wildman–Crippen LogP) is 5.91. The zero-order chi connectivity index (χ0) is 28.6. The van der Waals surface area contributed by atoms with Gasteiger partial charge in [0.15, 0.2) is 5.75 Å². The van der Waals surface area contributed by atoms with Crippen LogP contribution in [0, 0.1) is 10.1 Å². The summed E-state index contributed by atoms with van der Waals surface area (Å²) < 4.78 is 5.46. The number of anilines is 2. The number of ether oxygens (including phenoxy) is 1. The summed E-state index contributed by atoms with van der Waals surface area (Å²) in [6, 6.07) is 24.3. The summed E-state index contributed by atoms with van der Waals surface area (Å²) in [5.41, 5.74) is 4.48. The molecule has 0 aromatic heterocycles. The van der Waals surface area contributed by atoms with Gasteiger partial charge < -0.3 is 19.9 Å². The van der Waals surface area contributed by atoms with Crippen molar-refractivity contribution in [3.8, 4) is 16.9 Å². The smallest absolute Gasteiger partial charge is 0.311 e. The van der Waals surface area contributed by atoms with Gasteiger partial charge in [0.05, 0.1) is 11.5 Å². The normalized spacial score (nSPS) is 16.0. The molecule has 2 aliphatic heterocycles. The maximum atomic E-state index is 12.9. The highest BCUT2D eigenvalue weighted by Gasteiger charge is 2.25. The number of carbonyl (C=O) groups excluding carboxylic acids is 1. The molecule has 0 spiro atoms. The Morgan fingerprint density at radius 2 is 1.60 bits per heavy atom. The summed E-state index contributed by atoms with van der Waals surface area (Å²) in [5, 5.41) is 14.7. The molecule has 224 valence electrons. The number of likely N-dealkylation sites (tertiary alicyclic amines) is 1. The molecule has 3 aromatic rings. The molecule has 9 heteroatoms. The molecule has 0 atom stereocenters. The van der Waals surface area contributed by atoms with Crippen molar-refractivity contribution in [2.45, 2.75) is 39.7 Å². The third kappa shape index (κ3) is 7.79. The third-order valence-corrected chi connectivity index (χ3v) is 8.03. The van der Waals surface area contributed by atoms with Crippen molar-refractivity contribution in [2.75, 3.05) is 62.6 Å². The van der Waals surface area contributed by atoms with Crippen molar-refractivity contribution >= 4 is 23.0 Å². The third-order valence-electron chi connectivity index (χ3n) is 8.03. The van der Waals surface area contributed by atoms with E-state index >= 15 is 0 Å². The number of nitrogens with one attached hydrogen (secondary N) is 1. The van der Waals surface area contributed by atoms with Crippen LogP contribution in [0.1, 0.15) is 33.6 Å². The second-order valence-corrected chi connectivity index (χ2v) is 10.7. The van der Waals surface area contributed by atoms with Crippen LogP contribution >= 0.6 is 0 Å². The number of piperazine rings is 1. The number of nitro benzene ring substituents is 1. The number of carbonyl (C=O) groups is 1. The molecule has 1 N–H and O–H groups in total. The summed E-state index contributed by atoms with van der Waals surface area (Å²) in [6.45, 7) is 8.24. The van der Waals surface area contributed by atoms with Crippen LogP contribution in [0.5, 0.6) is 5.75 Å². The van der Waals surface area contributed by atoms with Gasteiger partial charge in [0.2, 0.25) is 5.91 Å². The highest BCUT2D eigenvalue weighted by molar-refractivity contribution is 5.76. The van der Waals surface area contributed by atoms with Crippen LogP contribution in [0.3, 0.4) is 0 Å². The van der Waals surface area contributed by atoms with E-state index in [2.05, 4.69) is 63.6 Å². The Labute approximate surface area is 249 Å². The first-order valence-electron chi connectivity index (χ1n) is 14.6. The predicted molar refractivity (Wildman–Crippen MR) is 169 cm³/mol. The Kier molecular flexibility index (Phi) is 10.8. The molecule has 0 unspecified atom stereocenters. The number of nitrogens with zero attached hydrogens (tertiary/aromatic N) is 4. The topological polar surface area (TPSA) is 91.2 Å². The second kappa shape index (κ2) is 14.7. The van der Waals surface area contributed by atoms with Gasteiger partial charge in [0.25, 0.3) is 0 Å². The first-order valence-corrected chi connectivity index (χ1v) is 14.6. The summed E-state index contributed by atoms with van der Waals surface area (Å²) in [5.74, 6) is 0.494. The van der Waals surface area contributed by atoms with Gasteiger partial charge in [-0.05, 0) is 49.1 Å². The number of hydrogen-bond acceptors (Lipinski definition) is 7. The lowest BCUT2D eigenvalue weighted by molar-refractivity contribution is -0.385. The summed E-state index contributed by atoms with van der Waals surface area (Å²) in [7, 11) is 0. The van der Waals surface area contributed by atoms with Gasteiger partial charge in [-0.2, -0.15) is 0 Å². The molecule has 3 aromatic carbocycles. The fourth-order valence-electron chi connectivity index (χ4n) is 5.67. The highest BCUT2D eigenvalue weighted by atomic mass is 16.6. The van der Waals surface area contributed by atoms with Gasteiger partial charge in [-0.25, -0.2) is 0 Å². The molecular weight excluding hydrogens is 530 g/mol. The van der Waals surface area contributed by atoms with Crippen molar-refractivity contribution in [1.29, 1.82) is 0 Å². The molecule has 42 heavy (non-hydrogen) atoms. The van der Waals surface area contributed by atoms with E-state index in [0.29, 0.717) is 26.1 Å². The van der Waals surface area contributed by atoms with E-state index in [0.717, 1.165) is 51.3 Å².